The average Bonchev–Trinajstić information content (AvgIpc) is 2.70. The van der Waals surface area contributed by atoms with E-state index in [1.54, 1.807) is 0 Å². The van der Waals surface area contributed by atoms with Crippen LogP contribution in [0.4, 0.5) is 0 Å². The van der Waals surface area contributed by atoms with E-state index in [0.717, 1.165) is 26.1 Å². The van der Waals surface area contributed by atoms with Gasteiger partial charge >= 0.3 is 0 Å². The predicted molar refractivity (Wildman–Crippen MR) is 54.9 cm³/mol. The quantitative estimate of drug-likeness (QED) is 0.629. The number of hydrogen-bond acceptors (Lipinski definition) is 2. The van der Waals surface area contributed by atoms with Crippen molar-refractivity contribution in [3.63, 3.8) is 0 Å². The maximum atomic E-state index is 5.35. The first-order chi connectivity index (χ1) is 6.91. The Morgan fingerprint density at radius 2 is 1.14 bits per heavy atom. The van der Waals surface area contributed by atoms with Crippen LogP contribution >= 0.6 is 0 Å². The van der Waals surface area contributed by atoms with Crippen molar-refractivity contribution in [3.8, 4) is 0 Å². The minimum atomic E-state index is -0.0833. The molecule has 1 saturated carbocycles. The Hall–Kier alpha value is -0.860. The van der Waals surface area contributed by atoms with Crippen LogP contribution in [0.2, 0.25) is 0 Å². The molecule has 2 heteroatoms. The zero-order valence-corrected chi connectivity index (χ0v) is 8.32. The fraction of sp³-hybridized carbons (Fsp3) is 0.500. The third kappa shape index (κ3) is 2.34. The van der Waals surface area contributed by atoms with Gasteiger partial charge < -0.3 is 9.47 Å². The zero-order valence-electron chi connectivity index (χ0n) is 8.32. The molecule has 0 unspecified atom stereocenters. The van der Waals surface area contributed by atoms with Gasteiger partial charge in [0.15, 0.2) is 5.79 Å². The van der Waals surface area contributed by atoms with Crippen molar-refractivity contribution in [1.29, 1.82) is 0 Å². The number of rotatable bonds is 0. The second kappa shape index (κ2) is 4.58. The summed E-state index contributed by atoms with van der Waals surface area (Å²) in [7, 11) is 0. The van der Waals surface area contributed by atoms with Gasteiger partial charge in [-0.1, -0.05) is 36.4 Å². The van der Waals surface area contributed by atoms with E-state index in [-0.39, 0.29) is 5.79 Å². The number of hydrogen-bond donors (Lipinski definition) is 0. The number of ether oxygens (including phenoxy) is 2. The van der Waals surface area contributed by atoms with Crippen molar-refractivity contribution in [3.05, 3.63) is 36.4 Å². The van der Waals surface area contributed by atoms with Crippen LogP contribution in [-0.2, 0) is 9.47 Å². The minimum absolute atomic E-state index is 0.0833. The normalized spacial score (nSPS) is 22.3. The molecule has 0 radical (unpaired) electrons. The molecule has 0 N–H and O–H groups in total. The highest BCUT2D eigenvalue weighted by atomic mass is 16.7. The molecule has 2 aliphatic rings. The lowest BCUT2D eigenvalue weighted by molar-refractivity contribution is -0.206. The summed E-state index contributed by atoms with van der Waals surface area (Å²) < 4.78 is 10.7. The summed E-state index contributed by atoms with van der Waals surface area (Å²) in [4.78, 5) is 0. The summed E-state index contributed by atoms with van der Waals surface area (Å²) in [6, 6.07) is 12.0. The molecule has 2 nitrogen and oxygen atoms in total. The standard InChI is InChI=1S/C6H10O2.C6H6/c1-2-6(3-1)7-4-5-8-6;1-2-4-6-5-3-1/h1-5H2;1-6H. The Kier molecular flexibility index (Phi) is 3.17. The lowest BCUT2D eigenvalue weighted by Gasteiger charge is -2.35. The maximum Gasteiger partial charge on any atom is 0.168 e. The summed E-state index contributed by atoms with van der Waals surface area (Å²) in [5, 5.41) is 0. The van der Waals surface area contributed by atoms with Gasteiger partial charge in [-0.25, -0.2) is 0 Å². The van der Waals surface area contributed by atoms with Gasteiger partial charge in [0.05, 0.1) is 13.2 Å². The van der Waals surface area contributed by atoms with Crippen LogP contribution in [0.1, 0.15) is 19.3 Å². The smallest absolute Gasteiger partial charge is 0.168 e. The van der Waals surface area contributed by atoms with Crippen LogP contribution in [-0.4, -0.2) is 19.0 Å². The van der Waals surface area contributed by atoms with Gasteiger partial charge in [-0.3, -0.25) is 0 Å². The van der Waals surface area contributed by atoms with Crippen LogP contribution in [0.15, 0.2) is 36.4 Å². The van der Waals surface area contributed by atoms with Crippen molar-refractivity contribution in [2.45, 2.75) is 25.0 Å². The second-order valence-corrected chi connectivity index (χ2v) is 3.62. The molecule has 1 aromatic rings. The summed E-state index contributed by atoms with van der Waals surface area (Å²) >= 11 is 0. The Balaban J connectivity index is 0.000000112. The highest BCUT2D eigenvalue weighted by Gasteiger charge is 2.42. The van der Waals surface area contributed by atoms with Crippen molar-refractivity contribution >= 4 is 0 Å². The lowest BCUT2D eigenvalue weighted by atomic mass is 9.92. The first kappa shape index (κ1) is 9.69. The molecule has 14 heavy (non-hydrogen) atoms. The number of benzene rings is 1. The van der Waals surface area contributed by atoms with Crippen LogP contribution in [0.3, 0.4) is 0 Å². The fourth-order valence-corrected chi connectivity index (χ4v) is 1.64. The van der Waals surface area contributed by atoms with Gasteiger partial charge in [0.25, 0.3) is 0 Å². The Labute approximate surface area is 84.8 Å². The van der Waals surface area contributed by atoms with Crippen LogP contribution in [0.25, 0.3) is 0 Å². The van der Waals surface area contributed by atoms with Gasteiger partial charge in [0.1, 0.15) is 0 Å². The molecule has 1 heterocycles. The Morgan fingerprint density at radius 1 is 0.714 bits per heavy atom. The van der Waals surface area contributed by atoms with Crippen molar-refractivity contribution in [1.82, 2.24) is 0 Å². The van der Waals surface area contributed by atoms with E-state index in [4.69, 9.17) is 9.47 Å². The average molecular weight is 192 g/mol. The molecular weight excluding hydrogens is 176 g/mol. The summed E-state index contributed by atoms with van der Waals surface area (Å²) in [6.07, 6.45) is 3.51. The van der Waals surface area contributed by atoms with E-state index in [1.807, 2.05) is 36.4 Å². The molecule has 1 aromatic carbocycles. The summed E-state index contributed by atoms with van der Waals surface area (Å²) in [6.45, 7) is 1.61. The fourth-order valence-electron chi connectivity index (χ4n) is 1.64. The molecular formula is C12H16O2. The van der Waals surface area contributed by atoms with Gasteiger partial charge in [-0.15, -0.1) is 0 Å². The monoisotopic (exact) mass is 192 g/mol. The third-order valence-corrected chi connectivity index (χ3v) is 2.60. The topological polar surface area (TPSA) is 18.5 Å². The predicted octanol–water partition coefficient (Wildman–Crippen LogP) is 2.60. The van der Waals surface area contributed by atoms with E-state index < -0.39 is 0 Å². The Morgan fingerprint density at radius 3 is 1.36 bits per heavy atom. The van der Waals surface area contributed by atoms with E-state index in [9.17, 15) is 0 Å². The molecule has 1 aliphatic carbocycles. The first-order valence-electron chi connectivity index (χ1n) is 5.19. The molecule has 0 aromatic heterocycles. The van der Waals surface area contributed by atoms with E-state index in [0.29, 0.717) is 0 Å². The summed E-state index contributed by atoms with van der Waals surface area (Å²) in [5.41, 5.74) is 0. The van der Waals surface area contributed by atoms with E-state index in [1.165, 1.54) is 6.42 Å². The molecule has 0 amide bonds. The van der Waals surface area contributed by atoms with Gasteiger partial charge in [0, 0.05) is 12.8 Å². The molecule has 1 spiro atoms. The molecule has 2 fully saturated rings. The van der Waals surface area contributed by atoms with E-state index >= 15 is 0 Å². The van der Waals surface area contributed by atoms with Gasteiger partial charge in [-0.05, 0) is 6.42 Å². The lowest BCUT2D eigenvalue weighted by Crippen LogP contribution is -2.37. The minimum Gasteiger partial charge on any atom is -0.348 e. The zero-order chi connectivity index (χ0) is 9.69. The van der Waals surface area contributed by atoms with Gasteiger partial charge in [0.2, 0.25) is 0 Å². The molecule has 76 valence electrons. The highest BCUT2D eigenvalue weighted by Crippen LogP contribution is 2.39. The largest absolute Gasteiger partial charge is 0.348 e. The summed E-state index contributed by atoms with van der Waals surface area (Å²) in [5.74, 6) is -0.0833. The van der Waals surface area contributed by atoms with Crippen LogP contribution < -0.4 is 0 Å². The first-order valence-corrected chi connectivity index (χ1v) is 5.19. The van der Waals surface area contributed by atoms with Gasteiger partial charge in [-0.2, -0.15) is 0 Å². The Bertz CT molecular complexity index is 220. The van der Waals surface area contributed by atoms with Crippen molar-refractivity contribution in [2.24, 2.45) is 0 Å². The second-order valence-electron chi connectivity index (χ2n) is 3.62. The maximum absolute atomic E-state index is 5.35. The van der Waals surface area contributed by atoms with Crippen LogP contribution in [0, 0.1) is 0 Å². The highest BCUT2D eigenvalue weighted by molar-refractivity contribution is 4.99. The molecule has 0 atom stereocenters. The van der Waals surface area contributed by atoms with Crippen molar-refractivity contribution < 1.29 is 9.47 Å². The molecule has 0 bridgehead atoms. The third-order valence-electron chi connectivity index (χ3n) is 2.60. The molecule has 1 saturated heterocycles. The van der Waals surface area contributed by atoms with Crippen LogP contribution in [0.5, 0.6) is 0 Å². The van der Waals surface area contributed by atoms with Crippen molar-refractivity contribution in [2.75, 3.05) is 13.2 Å². The molecule has 1 aliphatic heterocycles. The van der Waals surface area contributed by atoms with E-state index in [2.05, 4.69) is 0 Å². The SMILES string of the molecule is C1CC2(C1)OCCO2.c1ccccc1. The molecule has 3 rings (SSSR count).